The van der Waals surface area contributed by atoms with Crippen LogP contribution in [-0.4, -0.2) is 27.6 Å². The monoisotopic (exact) mass is 376 g/mol. The number of methoxy groups -OCH3 is 1. The Morgan fingerprint density at radius 1 is 1.14 bits per heavy atom. The average Bonchev–Trinajstić information content (AvgIpc) is 3.04. The van der Waals surface area contributed by atoms with Crippen LogP contribution in [0.5, 0.6) is 5.75 Å². The van der Waals surface area contributed by atoms with Crippen LogP contribution in [0.25, 0.3) is 22.4 Å². The van der Waals surface area contributed by atoms with Crippen molar-refractivity contribution in [1.82, 2.24) is 14.5 Å². The first-order chi connectivity index (χ1) is 13.6. The van der Waals surface area contributed by atoms with Gasteiger partial charge >= 0.3 is 0 Å². The lowest BCUT2D eigenvalue weighted by molar-refractivity contribution is 0.102. The standard InChI is InChI=1S/C21H17FN4O2/c1-26-17-12-14(24-21(27)15-5-3-4-6-18(15)28-2)7-8-16(17)25-20(26)13-9-10-23-19(22)11-13/h3-12H,1-2H3,(H,24,27). The SMILES string of the molecule is COc1ccccc1C(=O)Nc1ccc2nc(-c3ccnc(F)c3)n(C)c2c1. The molecule has 1 N–H and O–H groups in total. The number of aryl methyl sites for hydroxylation is 1. The zero-order valence-electron chi connectivity index (χ0n) is 15.3. The first-order valence-corrected chi connectivity index (χ1v) is 8.59. The molecule has 2 heterocycles. The Morgan fingerprint density at radius 2 is 1.96 bits per heavy atom. The lowest BCUT2D eigenvalue weighted by Crippen LogP contribution is -2.13. The van der Waals surface area contributed by atoms with Gasteiger partial charge in [0.15, 0.2) is 0 Å². The fourth-order valence-electron chi connectivity index (χ4n) is 3.10. The molecule has 4 rings (SSSR count). The van der Waals surface area contributed by atoms with Crippen LogP contribution in [-0.2, 0) is 7.05 Å². The predicted molar refractivity (Wildman–Crippen MR) is 105 cm³/mol. The molecule has 0 spiro atoms. The fourth-order valence-corrected chi connectivity index (χ4v) is 3.10. The summed E-state index contributed by atoms with van der Waals surface area (Å²) in [7, 11) is 3.37. The number of hydrogen-bond acceptors (Lipinski definition) is 4. The van der Waals surface area contributed by atoms with Crippen molar-refractivity contribution < 1.29 is 13.9 Å². The number of ether oxygens (including phenoxy) is 1. The van der Waals surface area contributed by atoms with Crippen molar-refractivity contribution in [2.24, 2.45) is 7.05 Å². The van der Waals surface area contributed by atoms with Gasteiger partial charge in [0.05, 0.1) is 23.7 Å². The van der Waals surface area contributed by atoms with Crippen LogP contribution in [0.2, 0.25) is 0 Å². The number of benzene rings is 2. The smallest absolute Gasteiger partial charge is 0.259 e. The molecule has 0 aliphatic heterocycles. The number of amides is 1. The first-order valence-electron chi connectivity index (χ1n) is 8.59. The van der Waals surface area contributed by atoms with Crippen molar-refractivity contribution in [1.29, 1.82) is 0 Å². The van der Waals surface area contributed by atoms with E-state index in [4.69, 9.17) is 4.74 Å². The molecule has 7 heteroatoms. The summed E-state index contributed by atoms with van der Waals surface area (Å²) >= 11 is 0. The lowest BCUT2D eigenvalue weighted by Gasteiger charge is -2.09. The zero-order chi connectivity index (χ0) is 19.7. The number of carbonyl (C=O) groups is 1. The van der Waals surface area contributed by atoms with Gasteiger partial charge in [-0.05, 0) is 36.4 Å². The second-order valence-electron chi connectivity index (χ2n) is 6.22. The van der Waals surface area contributed by atoms with Crippen molar-refractivity contribution in [3.63, 3.8) is 0 Å². The maximum atomic E-state index is 13.5. The average molecular weight is 376 g/mol. The van der Waals surface area contributed by atoms with E-state index >= 15 is 0 Å². The summed E-state index contributed by atoms with van der Waals surface area (Å²) in [6, 6.07) is 15.5. The van der Waals surface area contributed by atoms with Gasteiger partial charge < -0.3 is 14.6 Å². The summed E-state index contributed by atoms with van der Waals surface area (Å²) < 4.78 is 20.6. The van der Waals surface area contributed by atoms with E-state index < -0.39 is 5.95 Å². The van der Waals surface area contributed by atoms with E-state index in [1.165, 1.54) is 19.4 Å². The molecule has 0 saturated heterocycles. The molecule has 1 amide bonds. The highest BCUT2D eigenvalue weighted by Gasteiger charge is 2.14. The number of nitrogens with one attached hydrogen (secondary N) is 1. The minimum atomic E-state index is -0.561. The van der Waals surface area contributed by atoms with Crippen molar-refractivity contribution in [3.05, 3.63) is 72.3 Å². The summed E-state index contributed by atoms with van der Waals surface area (Å²) in [6.07, 6.45) is 1.41. The molecule has 28 heavy (non-hydrogen) atoms. The van der Waals surface area contributed by atoms with E-state index in [2.05, 4.69) is 15.3 Å². The molecular formula is C21H17FN4O2. The Balaban J connectivity index is 1.68. The van der Waals surface area contributed by atoms with Crippen LogP contribution in [0.4, 0.5) is 10.1 Å². The van der Waals surface area contributed by atoms with Gasteiger partial charge in [0.1, 0.15) is 11.6 Å². The summed E-state index contributed by atoms with van der Waals surface area (Å²) in [5, 5.41) is 2.88. The number of imidazole rings is 1. The third-order valence-electron chi connectivity index (χ3n) is 4.48. The first kappa shape index (κ1) is 17.7. The van der Waals surface area contributed by atoms with Crippen LogP contribution in [0.15, 0.2) is 60.8 Å². The number of carbonyl (C=O) groups excluding carboxylic acids is 1. The second-order valence-corrected chi connectivity index (χ2v) is 6.22. The van der Waals surface area contributed by atoms with Crippen LogP contribution in [0, 0.1) is 5.95 Å². The fraction of sp³-hybridized carbons (Fsp3) is 0.0952. The summed E-state index contributed by atoms with van der Waals surface area (Å²) in [5.41, 5.74) is 3.25. The number of aromatic nitrogens is 3. The zero-order valence-corrected chi connectivity index (χ0v) is 15.3. The van der Waals surface area contributed by atoms with Crippen molar-refractivity contribution in [2.75, 3.05) is 12.4 Å². The number of nitrogens with zero attached hydrogens (tertiary/aromatic N) is 3. The summed E-state index contributed by atoms with van der Waals surface area (Å²) in [4.78, 5) is 20.8. The highest BCUT2D eigenvalue weighted by Crippen LogP contribution is 2.26. The molecule has 2 aromatic heterocycles. The maximum Gasteiger partial charge on any atom is 0.259 e. The molecule has 0 atom stereocenters. The highest BCUT2D eigenvalue weighted by atomic mass is 19.1. The Labute approximate surface area is 160 Å². The summed E-state index contributed by atoms with van der Waals surface area (Å²) in [5.74, 6) is 0.290. The Hall–Kier alpha value is -3.74. The third kappa shape index (κ3) is 3.18. The van der Waals surface area contributed by atoms with E-state index in [1.54, 1.807) is 36.4 Å². The van der Waals surface area contributed by atoms with Gasteiger partial charge in [0.25, 0.3) is 5.91 Å². The van der Waals surface area contributed by atoms with Crippen molar-refractivity contribution >= 4 is 22.6 Å². The predicted octanol–water partition coefficient (Wildman–Crippen LogP) is 4.04. The van der Waals surface area contributed by atoms with E-state index in [0.717, 1.165) is 11.0 Å². The Morgan fingerprint density at radius 3 is 2.75 bits per heavy atom. The largest absolute Gasteiger partial charge is 0.496 e. The van der Waals surface area contributed by atoms with E-state index in [0.29, 0.717) is 28.4 Å². The van der Waals surface area contributed by atoms with Crippen LogP contribution in [0.3, 0.4) is 0 Å². The van der Waals surface area contributed by atoms with Gasteiger partial charge in [-0.2, -0.15) is 4.39 Å². The molecule has 2 aromatic carbocycles. The second kappa shape index (κ2) is 7.11. The van der Waals surface area contributed by atoms with Gasteiger partial charge in [0, 0.05) is 30.6 Å². The molecule has 0 bridgehead atoms. The molecule has 6 nitrogen and oxygen atoms in total. The molecular weight excluding hydrogens is 359 g/mol. The number of hydrogen-bond donors (Lipinski definition) is 1. The topological polar surface area (TPSA) is 69.0 Å². The van der Waals surface area contributed by atoms with E-state index in [9.17, 15) is 9.18 Å². The van der Waals surface area contributed by atoms with Crippen LogP contribution >= 0.6 is 0 Å². The normalized spacial score (nSPS) is 10.8. The minimum absolute atomic E-state index is 0.268. The number of halogens is 1. The molecule has 0 radical (unpaired) electrons. The third-order valence-corrected chi connectivity index (χ3v) is 4.48. The molecule has 4 aromatic rings. The number of para-hydroxylation sites is 1. The molecule has 0 fully saturated rings. The van der Waals surface area contributed by atoms with E-state index in [1.807, 2.05) is 23.7 Å². The van der Waals surface area contributed by atoms with Crippen LogP contribution < -0.4 is 10.1 Å². The van der Waals surface area contributed by atoms with Crippen molar-refractivity contribution in [3.8, 4) is 17.1 Å². The molecule has 0 aliphatic carbocycles. The Kier molecular flexibility index (Phi) is 4.49. The number of fused-ring (bicyclic) bond motifs is 1. The lowest BCUT2D eigenvalue weighted by atomic mass is 10.2. The minimum Gasteiger partial charge on any atom is -0.496 e. The molecule has 0 unspecified atom stereocenters. The molecule has 0 saturated carbocycles. The number of anilines is 1. The summed E-state index contributed by atoms with van der Waals surface area (Å²) in [6.45, 7) is 0. The maximum absolute atomic E-state index is 13.5. The quantitative estimate of drug-likeness (QED) is 0.546. The van der Waals surface area contributed by atoms with Gasteiger partial charge in [0.2, 0.25) is 5.95 Å². The Bertz CT molecular complexity index is 1190. The van der Waals surface area contributed by atoms with Gasteiger partial charge in [-0.3, -0.25) is 4.79 Å². The van der Waals surface area contributed by atoms with Gasteiger partial charge in [-0.15, -0.1) is 0 Å². The van der Waals surface area contributed by atoms with E-state index in [-0.39, 0.29) is 5.91 Å². The highest BCUT2D eigenvalue weighted by molar-refractivity contribution is 6.06. The molecule has 140 valence electrons. The van der Waals surface area contributed by atoms with Crippen molar-refractivity contribution in [2.45, 2.75) is 0 Å². The van der Waals surface area contributed by atoms with Gasteiger partial charge in [-0.25, -0.2) is 9.97 Å². The van der Waals surface area contributed by atoms with Gasteiger partial charge in [-0.1, -0.05) is 12.1 Å². The molecule has 0 aliphatic rings. The number of rotatable bonds is 4. The number of pyridine rings is 1. The van der Waals surface area contributed by atoms with Crippen LogP contribution in [0.1, 0.15) is 10.4 Å².